The van der Waals surface area contributed by atoms with Crippen molar-refractivity contribution in [1.82, 2.24) is 9.97 Å². The second-order valence-electron chi connectivity index (χ2n) is 4.49. The van der Waals surface area contributed by atoms with Crippen LogP contribution in [-0.4, -0.2) is 9.97 Å². The van der Waals surface area contributed by atoms with E-state index >= 15 is 0 Å². The van der Waals surface area contributed by atoms with Crippen LogP contribution < -0.4 is 10.8 Å². The van der Waals surface area contributed by atoms with E-state index in [0.29, 0.717) is 5.89 Å². The summed E-state index contributed by atoms with van der Waals surface area (Å²) >= 11 is 0. The van der Waals surface area contributed by atoms with E-state index in [2.05, 4.69) is 23.8 Å². The maximum absolute atomic E-state index is 5.88. The highest BCUT2D eigenvalue weighted by atomic mass is 16.3. The van der Waals surface area contributed by atoms with Gasteiger partial charge in [0.1, 0.15) is 5.35 Å². The first-order valence-corrected chi connectivity index (χ1v) is 5.82. The van der Waals surface area contributed by atoms with Crippen LogP contribution in [0.4, 0.5) is 0 Å². The Hall–Kier alpha value is -1.90. The average Bonchev–Trinajstić information content (AvgIpc) is 2.81. The highest BCUT2D eigenvalue weighted by Crippen LogP contribution is 2.17. The van der Waals surface area contributed by atoms with Crippen LogP contribution in [-0.2, 0) is 0 Å². The molecular weight excluding hydrogens is 212 g/mol. The highest BCUT2D eigenvalue weighted by molar-refractivity contribution is 5.56. The topological polar surface area (TPSA) is 38.9 Å². The molecule has 0 aromatic carbocycles. The number of fused-ring (bicyclic) bond motifs is 1. The number of rotatable bonds is 1. The Labute approximate surface area is 99.5 Å². The molecule has 0 unspecified atom stereocenters. The molecule has 3 rings (SSSR count). The van der Waals surface area contributed by atoms with E-state index in [1.165, 1.54) is 11.1 Å². The molecule has 3 nitrogen and oxygen atoms in total. The van der Waals surface area contributed by atoms with E-state index in [0.717, 1.165) is 29.2 Å². The van der Waals surface area contributed by atoms with Gasteiger partial charge in [0, 0.05) is 18.0 Å². The summed E-state index contributed by atoms with van der Waals surface area (Å²) in [5.41, 5.74) is 4.55. The zero-order valence-electron chi connectivity index (χ0n) is 10.0. The Morgan fingerprint density at radius 1 is 1.06 bits per heavy atom. The van der Waals surface area contributed by atoms with Crippen molar-refractivity contribution in [3.05, 3.63) is 35.3 Å². The summed E-state index contributed by atoms with van der Waals surface area (Å²) in [4.78, 5) is 8.60. The van der Waals surface area contributed by atoms with Crippen molar-refractivity contribution in [3.8, 4) is 11.5 Å². The quantitative estimate of drug-likeness (QED) is 0.745. The van der Waals surface area contributed by atoms with E-state index in [9.17, 15) is 0 Å². The third-order valence-electron chi connectivity index (χ3n) is 3.22. The van der Waals surface area contributed by atoms with Gasteiger partial charge >= 0.3 is 0 Å². The third-order valence-corrected chi connectivity index (χ3v) is 3.22. The zero-order chi connectivity index (χ0) is 11.8. The Morgan fingerprint density at radius 3 is 2.47 bits per heavy atom. The maximum Gasteiger partial charge on any atom is 0.227 e. The molecule has 0 fully saturated rings. The Bertz CT molecular complexity index is 628. The molecule has 0 aliphatic heterocycles. The van der Waals surface area contributed by atoms with Gasteiger partial charge in [-0.2, -0.15) is 0 Å². The van der Waals surface area contributed by atoms with Crippen molar-refractivity contribution in [1.29, 1.82) is 0 Å². The molecule has 17 heavy (non-hydrogen) atoms. The minimum atomic E-state index is 0.693. The second kappa shape index (κ2) is 3.84. The lowest BCUT2D eigenvalue weighted by atomic mass is 10.0. The van der Waals surface area contributed by atoms with Gasteiger partial charge in [-0.15, -0.1) is 0 Å². The summed E-state index contributed by atoms with van der Waals surface area (Å²) in [6.45, 7) is 4.25. The lowest BCUT2D eigenvalue weighted by Crippen LogP contribution is -2.29. The molecule has 0 saturated heterocycles. The molecule has 0 bridgehead atoms. The van der Waals surface area contributed by atoms with E-state index in [4.69, 9.17) is 4.42 Å². The summed E-state index contributed by atoms with van der Waals surface area (Å²) in [5.74, 6) is 0.693. The summed E-state index contributed by atoms with van der Waals surface area (Å²) in [7, 11) is 0. The fourth-order valence-electron chi connectivity index (χ4n) is 2.12. The lowest BCUT2D eigenvalue weighted by Gasteiger charge is -2.04. The fraction of sp³-hybridized carbons (Fsp3) is 0.286. The predicted molar refractivity (Wildman–Crippen MR) is 66.4 cm³/mol. The fourth-order valence-corrected chi connectivity index (χ4v) is 2.12. The van der Waals surface area contributed by atoms with Gasteiger partial charge in [0.2, 0.25) is 5.89 Å². The second-order valence-corrected chi connectivity index (χ2v) is 4.49. The summed E-state index contributed by atoms with van der Waals surface area (Å²) in [5, 5.41) is 1.03. The van der Waals surface area contributed by atoms with E-state index in [-0.39, 0.29) is 0 Å². The first-order valence-electron chi connectivity index (χ1n) is 5.82. The van der Waals surface area contributed by atoms with Gasteiger partial charge < -0.3 is 4.42 Å². The number of nitrogens with zero attached hydrogens (tertiary/aromatic N) is 2. The summed E-state index contributed by atoms with van der Waals surface area (Å²) in [6, 6.07) is 3.84. The number of aromatic nitrogens is 2. The monoisotopic (exact) mass is 226 g/mol. The number of pyridine rings is 1. The number of oxazole rings is 1. The van der Waals surface area contributed by atoms with Gasteiger partial charge in [0.15, 0.2) is 5.42 Å². The van der Waals surface area contributed by atoms with E-state index < -0.39 is 0 Å². The van der Waals surface area contributed by atoms with Gasteiger partial charge in [-0.1, -0.05) is 0 Å². The van der Waals surface area contributed by atoms with E-state index in [1.54, 1.807) is 12.4 Å². The molecule has 0 N–H and O–H groups in total. The van der Waals surface area contributed by atoms with Gasteiger partial charge in [-0.05, 0) is 50.0 Å². The normalized spacial score (nSPS) is 14.9. The lowest BCUT2D eigenvalue weighted by molar-refractivity contribution is 0.533. The Balaban J connectivity index is 2.29. The number of hydrogen-bond acceptors (Lipinski definition) is 3. The van der Waals surface area contributed by atoms with Crippen LogP contribution in [0.3, 0.4) is 0 Å². The molecule has 3 heteroatoms. The summed E-state index contributed by atoms with van der Waals surface area (Å²) < 4.78 is 5.88. The molecule has 0 saturated carbocycles. The van der Waals surface area contributed by atoms with Crippen molar-refractivity contribution in [2.75, 3.05) is 0 Å². The molecule has 86 valence electrons. The zero-order valence-corrected chi connectivity index (χ0v) is 10.0. The van der Waals surface area contributed by atoms with Gasteiger partial charge in [0.05, 0.1) is 0 Å². The molecule has 2 aromatic heterocycles. The van der Waals surface area contributed by atoms with Gasteiger partial charge in [-0.3, -0.25) is 4.98 Å². The molecule has 0 amide bonds. The molecule has 0 spiro atoms. The van der Waals surface area contributed by atoms with Crippen LogP contribution in [0.25, 0.3) is 22.6 Å². The molecule has 2 heterocycles. The minimum absolute atomic E-state index is 0.693. The van der Waals surface area contributed by atoms with Crippen molar-refractivity contribution >= 4 is 11.1 Å². The molecule has 0 radical (unpaired) electrons. The van der Waals surface area contributed by atoms with Crippen LogP contribution in [0.15, 0.2) is 28.9 Å². The predicted octanol–water partition coefficient (Wildman–Crippen LogP) is 1.87. The molecular formula is C14H14N2O. The smallest absolute Gasteiger partial charge is 0.227 e. The third kappa shape index (κ3) is 1.68. The number of hydrogen-bond donors (Lipinski definition) is 0. The van der Waals surface area contributed by atoms with Crippen LogP contribution in [0.5, 0.6) is 0 Å². The average molecular weight is 226 g/mol. The van der Waals surface area contributed by atoms with Gasteiger partial charge in [0.25, 0.3) is 0 Å². The molecule has 1 aliphatic rings. The van der Waals surface area contributed by atoms with Gasteiger partial charge in [-0.25, -0.2) is 4.98 Å². The largest absolute Gasteiger partial charge is 0.436 e. The van der Waals surface area contributed by atoms with Crippen molar-refractivity contribution in [2.24, 2.45) is 0 Å². The van der Waals surface area contributed by atoms with Crippen molar-refractivity contribution in [3.63, 3.8) is 0 Å². The molecule has 0 atom stereocenters. The van der Waals surface area contributed by atoms with Crippen LogP contribution in [0.1, 0.15) is 26.7 Å². The van der Waals surface area contributed by atoms with Crippen molar-refractivity contribution < 1.29 is 4.42 Å². The van der Waals surface area contributed by atoms with Crippen molar-refractivity contribution in [2.45, 2.75) is 26.7 Å². The molecule has 2 aromatic rings. The van der Waals surface area contributed by atoms with Crippen LogP contribution >= 0.6 is 0 Å². The first-order chi connectivity index (χ1) is 8.25. The standard InChI is InChI=1S/C14H14N2O/c1-9-3-4-10(2)13-12(9)16-14(17-13)11-5-7-15-8-6-11/h5-8H,3-4H2,1-2H3. The SMILES string of the molecule is CC1=c2nc(-c3ccncc3)oc2=C(C)CC1. The molecule has 1 aliphatic carbocycles. The Kier molecular flexibility index (Phi) is 2.32. The summed E-state index contributed by atoms with van der Waals surface area (Å²) in [6.07, 6.45) is 5.67. The maximum atomic E-state index is 5.88. The highest BCUT2D eigenvalue weighted by Gasteiger charge is 2.12. The first kappa shape index (κ1) is 10.3. The minimum Gasteiger partial charge on any atom is -0.436 e. The van der Waals surface area contributed by atoms with Crippen LogP contribution in [0.2, 0.25) is 0 Å². The Morgan fingerprint density at radius 2 is 1.76 bits per heavy atom. The van der Waals surface area contributed by atoms with Crippen LogP contribution in [0, 0.1) is 0 Å². The van der Waals surface area contributed by atoms with E-state index in [1.807, 2.05) is 12.1 Å².